The molecule has 148 valence electrons. The molecule has 2 aromatic rings. The van der Waals surface area contributed by atoms with Gasteiger partial charge in [-0.15, -0.1) is 0 Å². The van der Waals surface area contributed by atoms with Crippen LogP contribution in [-0.4, -0.2) is 46.4 Å². The fraction of sp³-hybridized carbons (Fsp3) is 0.478. The summed E-state index contributed by atoms with van der Waals surface area (Å²) in [4.78, 5) is 20.8. The summed E-state index contributed by atoms with van der Waals surface area (Å²) in [6.07, 6.45) is 6.15. The normalized spacial score (nSPS) is 22.9. The van der Waals surface area contributed by atoms with Crippen LogP contribution in [0.1, 0.15) is 36.5 Å². The van der Waals surface area contributed by atoms with E-state index >= 15 is 0 Å². The third-order valence-electron chi connectivity index (χ3n) is 6.06. The predicted octanol–water partition coefficient (Wildman–Crippen LogP) is 3.41. The summed E-state index contributed by atoms with van der Waals surface area (Å²) in [6, 6.07) is 10.2. The highest BCUT2D eigenvalue weighted by Gasteiger charge is 2.33. The van der Waals surface area contributed by atoms with Gasteiger partial charge in [0.15, 0.2) is 0 Å². The van der Waals surface area contributed by atoms with Crippen molar-refractivity contribution in [2.45, 2.75) is 45.9 Å². The Morgan fingerprint density at radius 1 is 1.25 bits per heavy atom. The molecule has 4 rings (SSSR count). The Labute approximate surface area is 167 Å². The van der Waals surface area contributed by atoms with Gasteiger partial charge in [0.25, 0.3) is 0 Å². The summed E-state index contributed by atoms with van der Waals surface area (Å²) in [5.41, 5.74) is 3.68. The van der Waals surface area contributed by atoms with Crippen molar-refractivity contribution in [2.24, 2.45) is 5.92 Å². The molecule has 0 unspecified atom stereocenters. The first-order valence-electron chi connectivity index (χ1n) is 10.2. The fourth-order valence-electron chi connectivity index (χ4n) is 4.38. The van der Waals surface area contributed by atoms with E-state index in [2.05, 4.69) is 28.9 Å². The maximum atomic E-state index is 12.2. The molecular weight excluding hydrogens is 350 g/mol. The van der Waals surface area contributed by atoms with E-state index in [1.165, 1.54) is 11.1 Å². The van der Waals surface area contributed by atoms with Crippen molar-refractivity contribution in [3.8, 4) is 5.75 Å². The van der Waals surface area contributed by atoms with E-state index in [-0.39, 0.29) is 12.0 Å². The number of carbonyl (C=O) groups is 1. The number of aryl methyl sites for hydroxylation is 1. The Bertz CT molecular complexity index is 838. The topological polar surface area (TPSA) is 45.7 Å². The Hall–Kier alpha value is -2.40. The third kappa shape index (κ3) is 4.20. The number of hydrogen-bond acceptors (Lipinski definition) is 4. The van der Waals surface area contributed by atoms with Gasteiger partial charge in [0, 0.05) is 50.4 Å². The van der Waals surface area contributed by atoms with Gasteiger partial charge in [0.05, 0.1) is 6.54 Å². The van der Waals surface area contributed by atoms with E-state index < -0.39 is 0 Å². The van der Waals surface area contributed by atoms with Crippen molar-refractivity contribution in [3.63, 3.8) is 0 Å². The van der Waals surface area contributed by atoms with Crippen molar-refractivity contribution in [1.29, 1.82) is 0 Å². The first-order chi connectivity index (χ1) is 13.6. The molecule has 1 aromatic carbocycles. The molecule has 0 N–H and O–H groups in total. The SMILES string of the molecule is CC(=O)N1Cc2ccccc2O[C@H]([C@H]2CCCN(Cc3ccncc3C)C2)C1. The highest BCUT2D eigenvalue weighted by Crippen LogP contribution is 2.31. The van der Waals surface area contributed by atoms with E-state index in [4.69, 9.17) is 4.74 Å². The number of hydrogen-bond donors (Lipinski definition) is 0. The van der Waals surface area contributed by atoms with Crippen LogP contribution >= 0.6 is 0 Å². The number of benzene rings is 1. The Kier molecular flexibility index (Phi) is 5.62. The average Bonchev–Trinajstić information content (AvgIpc) is 2.90. The van der Waals surface area contributed by atoms with E-state index in [1.54, 1.807) is 6.92 Å². The van der Waals surface area contributed by atoms with Gasteiger partial charge in [-0.1, -0.05) is 18.2 Å². The zero-order chi connectivity index (χ0) is 19.5. The van der Waals surface area contributed by atoms with Gasteiger partial charge in [0.2, 0.25) is 5.91 Å². The third-order valence-corrected chi connectivity index (χ3v) is 6.06. The second-order valence-electron chi connectivity index (χ2n) is 8.10. The van der Waals surface area contributed by atoms with Crippen LogP contribution in [0.5, 0.6) is 5.75 Å². The summed E-state index contributed by atoms with van der Waals surface area (Å²) in [5.74, 6) is 1.47. The second-order valence-corrected chi connectivity index (χ2v) is 8.10. The lowest BCUT2D eigenvalue weighted by molar-refractivity contribution is -0.130. The number of rotatable bonds is 3. The molecule has 3 heterocycles. The van der Waals surface area contributed by atoms with Gasteiger partial charge in [-0.05, 0) is 49.6 Å². The van der Waals surface area contributed by atoms with E-state index in [1.807, 2.05) is 35.5 Å². The first-order valence-corrected chi connectivity index (χ1v) is 10.2. The van der Waals surface area contributed by atoms with Crippen LogP contribution in [0.25, 0.3) is 0 Å². The summed E-state index contributed by atoms with van der Waals surface area (Å²) in [6.45, 7) is 8.14. The molecule has 1 amide bonds. The number of ether oxygens (including phenoxy) is 1. The number of pyridine rings is 1. The molecule has 0 radical (unpaired) electrons. The number of para-hydroxylation sites is 1. The van der Waals surface area contributed by atoms with Gasteiger partial charge >= 0.3 is 0 Å². The number of aromatic nitrogens is 1. The molecule has 0 spiro atoms. The minimum absolute atomic E-state index is 0.0360. The van der Waals surface area contributed by atoms with E-state index in [0.29, 0.717) is 19.0 Å². The number of piperidine rings is 1. The van der Waals surface area contributed by atoms with Crippen LogP contribution in [0, 0.1) is 12.8 Å². The van der Waals surface area contributed by atoms with Crippen LogP contribution in [0.4, 0.5) is 0 Å². The molecule has 0 bridgehead atoms. The molecule has 1 saturated heterocycles. The van der Waals surface area contributed by atoms with Crippen molar-refractivity contribution >= 4 is 5.91 Å². The highest BCUT2D eigenvalue weighted by atomic mass is 16.5. The minimum atomic E-state index is 0.0360. The Morgan fingerprint density at radius 2 is 2.11 bits per heavy atom. The molecule has 1 fully saturated rings. The predicted molar refractivity (Wildman–Crippen MR) is 109 cm³/mol. The smallest absolute Gasteiger partial charge is 0.219 e. The second kappa shape index (κ2) is 8.31. The molecule has 0 aliphatic carbocycles. The number of amides is 1. The Balaban J connectivity index is 1.50. The van der Waals surface area contributed by atoms with E-state index in [0.717, 1.165) is 43.8 Å². The molecule has 2 atom stereocenters. The molecule has 5 heteroatoms. The van der Waals surface area contributed by atoms with Gasteiger partial charge in [-0.2, -0.15) is 0 Å². The number of nitrogens with zero attached hydrogens (tertiary/aromatic N) is 3. The summed E-state index contributed by atoms with van der Waals surface area (Å²) < 4.78 is 6.47. The lowest BCUT2D eigenvalue weighted by Gasteiger charge is -2.37. The van der Waals surface area contributed by atoms with Crippen LogP contribution in [0.15, 0.2) is 42.7 Å². The molecule has 28 heavy (non-hydrogen) atoms. The molecule has 2 aliphatic heterocycles. The summed E-state index contributed by atoms with van der Waals surface area (Å²) in [5, 5.41) is 0. The zero-order valence-electron chi connectivity index (χ0n) is 16.8. The van der Waals surface area contributed by atoms with Crippen molar-refractivity contribution in [3.05, 3.63) is 59.4 Å². The van der Waals surface area contributed by atoms with Crippen molar-refractivity contribution < 1.29 is 9.53 Å². The largest absolute Gasteiger partial charge is 0.488 e. The maximum Gasteiger partial charge on any atom is 0.219 e. The summed E-state index contributed by atoms with van der Waals surface area (Å²) in [7, 11) is 0. The maximum absolute atomic E-state index is 12.2. The lowest BCUT2D eigenvalue weighted by Crippen LogP contribution is -2.46. The Morgan fingerprint density at radius 3 is 2.93 bits per heavy atom. The van der Waals surface area contributed by atoms with Gasteiger partial charge in [-0.25, -0.2) is 0 Å². The molecular formula is C23H29N3O2. The summed E-state index contributed by atoms with van der Waals surface area (Å²) >= 11 is 0. The lowest BCUT2D eigenvalue weighted by atomic mass is 9.91. The monoisotopic (exact) mass is 379 g/mol. The molecule has 1 aromatic heterocycles. The van der Waals surface area contributed by atoms with Crippen molar-refractivity contribution in [1.82, 2.24) is 14.8 Å². The van der Waals surface area contributed by atoms with Crippen LogP contribution in [0.3, 0.4) is 0 Å². The van der Waals surface area contributed by atoms with Crippen molar-refractivity contribution in [2.75, 3.05) is 19.6 Å². The average molecular weight is 380 g/mol. The van der Waals surface area contributed by atoms with Gasteiger partial charge in [0.1, 0.15) is 11.9 Å². The van der Waals surface area contributed by atoms with Gasteiger partial charge in [-0.3, -0.25) is 14.7 Å². The highest BCUT2D eigenvalue weighted by molar-refractivity contribution is 5.73. The quantitative estimate of drug-likeness (QED) is 0.820. The van der Waals surface area contributed by atoms with Crippen LogP contribution in [0.2, 0.25) is 0 Å². The molecule has 5 nitrogen and oxygen atoms in total. The van der Waals surface area contributed by atoms with E-state index in [9.17, 15) is 4.79 Å². The standard InChI is InChI=1S/C23H29N3O2/c1-17-12-24-10-9-19(17)13-25-11-5-7-20(14-25)23-16-26(18(2)27)15-21-6-3-4-8-22(21)28-23/h3-4,6,8-10,12,20,23H,5,7,11,13-16H2,1-2H3/t20-,23-/m0/s1. The minimum Gasteiger partial charge on any atom is -0.488 e. The van der Waals surface area contributed by atoms with Crippen LogP contribution < -0.4 is 4.74 Å². The number of likely N-dealkylation sites (tertiary alicyclic amines) is 1. The van der Waals surface area contributed by atoms with Gasteiger partial charge < -0.3 is 9.64 Å². The number of carbonyl (C=O) groups excluding carboxylic acids is 1. The molecule has 0 saturated carbocycles. The number of fused-ring (bicyclic) bond motifs is 1. The fourth-order valence-corrected chi connectivity index (χ4v) is 4.38. The zero-order valence-corrected chi connectivity index (χ0v) is 16.8. The van der Waals surface area contributed by atoms with Crippen LogP contribution in [-0.2, 0) is 17.9 Å². The molecule has 2 aliphatic rings. The first kappa shape index (κ1) is 18.9.